The summed E-state index contributed by atoms with van der Waals surface area (Å²) in [6, 6.07) is 0. The Labute approximate surface area is 108 Å². The number of carbonyl (C=O) groups is 1. The lowest BCUT2D eigenvalue weighted by atomic mass is 10.1. The molecule has 0 aromatic rings. The Balaban J connectivity index is 3.07. The minimum absolute atomic E-state index is 0.350. The quantitative estimate of drug-likeness (QED) is 0.440. The van der Waals surface area contributed by atoms with Crippen molar-refractivity contribution in [2.45, 2.75) is 76.0 Å². The van der Waals surface area contributed by atoms with Gasteiger partial charge in [-0.05, 0) is 6.42 Å². The molecule has 3 heteroatoms. The molecule has 0 amide bonds. The third kappa shape index (κ3) is 10.5. The predicted molar refractivity (Wildman–Crippen MR) is 72.2 cm³/mol. The maximum Gasteiger partial charge on any atom is 0.317 e. The van der Waals surface area contributed by atoms with Crippen molar-refractivity contribution in [3.05, 3.63) is 0 Å². The first kappa shape index (κ1) is 16.0. The molecule has 16 heavy (non-hydrogen) atoms. The Bertz CT molecular complexity index is 171. The molecule has 0 radical (unpaired) electrons. The summed E-state index contributed by atoms with van der Waals surface area (Å²) in [7, 11) is 0. The van der Waals surface area contributed by atoms with Gasteiger partial charge in [-0.15, -0.1) is 0 Å². The smallest absolute Gasteiger partial charge is 0.317 e. The van der Waals surface area contributed by atoms with Crippen LogP contribution in [-0.4, -0.2) is 15.9 Å². The van der Waals surface area contributed by atoms with E-state index >= 15 is 0 Å². The lowest BCUT2D eigenvalue weighted by Gasteiger charge is -2.04. The first-order chi connectivity index (χ1) is 7.68. The van der Waals surface area contributed by atoms with E-state index in [2.05, 4.69) is 22.9 Å². The summed E-state index contributed by atoms with van der Waals surface area (Å²) in [4.78, 5) is 10.2. The molecule has 1 atom stereocenters. The van der Waals surface area contributed by atoms with E-state index in [9.17, 15) is 4.79 Å². The summed E-state index contributed by atoms with van der Waals surface area (Å²) in [6.07, 6.45) is 12.3. The second-order valence-corrected chi connectivity index (χ2v) is 5.53. The van der Waals surface area contributed by atoms with E-state index in [4.69, 9.17) is 5.11 Å². The zero-order valence-electron chi connectivity index (χ0n) is 10.4. The summed E-state index contributed by atoms with van der Waals surface area (Å²) in [5.74, 6) is -0.737. The van der Waals surface area contributed by atoms with Crippen molar-refractivity contribution >= 4 is 21.9 Å². The number of alkyl halides is 1. The maximum atomic E-state index is 10.5. The van der Waals surface area contributed by atoms with Gasteiger partial charge in [-0.1, -0.05) is 80.6 Å². The molecule has 0 aliphatic heterocycles. The third-order valence-electron chi connectivity index (χ3n) is 2.83. The summed E-state index contributed by atoms with van der Waals surface area (Å²) < 4.78 is 0. The van der Waals surface area contributed by atoms with Crippen LogP contribution in [0.3, 0.4) is 0 Å². The van der Waals surface area contributed by atoms with Crippen LogP contribution in [-0.2, 0) is 4.79 Å². The van der Waals surface area contributed by atoms with Gasteiger partial charge in [0.25, 0.3) is 0 Å². The molecule has 1 N–H and O–H groups in total. The molecule has 0 aliphatic rings. The molecule has 0 bridgehead atoms. The molecular weight excluding hydrogens is 268 g/mol. The van der Waals surface area contributed by atoms with E-state index in [0.717, 1.165) is 12.8 Å². The van der Waals surface area contributed by atoms with Crippen LogP contribution in [0, 0.1) is 0 Å². The lowest BCUT2D eigenvalue weighted by Crippen LogP contribution is -2.11. The molecule has 0 aliphatic carbocycles. The van der Waals surface area contributed by atoms with Gasteiger partial charge in [0.15, 0.2) is 0 Å². The van der Waals surface area contributed by atoms with Crippen LogP contribution in [0.4, 0.5) is 0 Å². The second kappa shape index (κ2) is 11.4. The summed E-state index contributed by atoms with van der Waals surface area (Å²) in [6.45, 7) is 2.24. The first-order valence-electron chi connectivity index (χ1n) is 6.55. The Morgan fingerprint density at radius 2 is 1.44 bits per heavy atom. The highest BCUT2D eigenvalue weighted by molar-refractivity contribution is 9.10. The number of carboxylic acids is 1. The Hall–Kier alpha value is -0.0500. The van der Waals surface area contributed by atoms with Crippen LogP contribution in [0.2, 0.25) is 0 Å². The molecule has 0 spiro atoms. The lowest BCUT2D eigenvalue weighted by molar-refractivity contribution is -0.136. The van der Waals surface area contributed by atoms with Crippen molar-refractivity contribution in [3.63, 3.8) is 0 Å². The van der Waals surface area contributed by atoms with Crippen molar-refractivity contribution < 1.29 is 9.90 Å². The van der Waals surface area contributed by atoms with Gasteiger partial charge in [-0.25, -0.2) is 0 Å². The molecule has 0 rings (SSSR count). The van der Waals surface area contributed by atoms with E-state index in [1.165, 1.54) is 51.4 Å². The zero-order chi connectivity index (χ0) is 12.2. The fraction of sp³-hybridized carbons (Fsp3) is 0.923. The van der Waals surface area contributed by atoms with E-state index < -0.39 is 5.97 Å². The number of hydrogen-bond donors (Lipinski definition) is 1. The van der Waals surface area contributed by atoms with Gasteiger partial charge in [0, 0.05) is 0 Å². The maximum absolute atomic E-state index is 10.5. The average molecular weight is 293 g/mol. The number of unbranched alkanes of at least 4 members (excludes halogenated alkanes) is 8. The molecule has 96 valence electrons. The Morgan fingerprint density at radius 3 is 1.88 bits per heavy atom. The van der Waals surface area contributed by atoms with E-state index in [1.807, 2.05) is 0 Å². The molecule has 0 saturated carbocycles. The van der Waals surface area contributed by atoms with Gasteiger partial charge in [-0.2, -0.15) is 0 Å². The highest BCUT2D eigenvalue weighted by Crippen LogP contribution is 2.14. The predicted octanol–water partition coefficient (Wildman–Crippen LogP) is 4.76. The topological polar surface area (TPSA) is 37.3 Å². The average Bonchev–Trinajstić information content (AvgIpc) is 2.26. The minimum Gasteiger partial charge on any atom is -0.480 e. The van der Waals surface area contributed by atoms with Gasteiger partial charge in [0.05, 0.1) is 0 Å². The number of hydrogen-bond acceptors (Lipinski definition) is 1. The van der Waals surface area contributed by atoms with Crippen molar-refractivity contribution in [1.29, 1.82) is 0 Å². The van der Waals surface area contributed by atoms with Gasteiger partial charge >= 0.3 is 5.97 Å². The van der Waals surface area contributed by atoms with E-state index in [1.54, 1.807) is 0 Å². The van der Waals surface area contributed by atoms with Crippen LogP contribution in [0.5, 0.6) is 0 Å². The van der Waals surface area contributed by atoms with Gasteiger partial charge < -0.3 is 5.11 Å². The fourth-order valence-corrected chi connectivity index (χ4v) is 2.08. The molecule has 0 fully saturated rings. The molecular formula is C13H25BrO2. The van der Waals surface area contributed by atoms with Crippen LogP contribution < -0.4 is 0 Å². The number of rotatable bonds is 11. The first-order valence-corrected chi connectivity index (χ1v) is 7.47. The summed E-state index contributed by atoms with van der Waals surface area (Å²) >= 11 is 3.15. The summed E-state index contributed by atoms with van der Waals surface area (Å²) in [5.41, 5.74) is 0. The normalized spacial score (nSPS) is 12.6. The standard InChI is InChI=1S/C13H25BrO2/c1-2-3-4-5-6-7-8-9-10-11-12(14)13(15)16/h12H,2-11H2,1H3,(H,15,16). The van der Waals surface area contributed by atoms with Crippen molar-refractivity contribution in [3.8, 4) is 0 Å². The third-order valence-corrected chi connectivity index (χ3v) is 3.68. The molecule has 1 unspecified atom stereocenters. The SMILES string of the molecule is CCCCCCCCCCCC(Br)C(=O)O. The number of carboxylic acid groups (broad SMARTS) is 1. The van der Waals surface area contributed by atoms with Crippen molar-refractivity contribution in [2.75, 3.05) is 0 Å². The molecule has 0 heterocycles. The van der Waals surface area contributed by atoms with Crippen molar-refractivity contribution in [1.82, 2.24) is 0 Å². The van der Waals surface area contributed by atoms with E-state index in [0.29, 0.717) is 0 Å². The van der Waals surface area contributed by atoms with Gasteiger partial charge in [0.1, 0.15) is 4.83 Å². The molecule has 0 aromatic carbocycles. The highest BCUT2D eigenvalue weighted by Gasteiger charge is 2.11. The monoisotopic (exact) mass is 292 g/mol. The molecule has 0 saturated heterocycles. The minimum atomic E-state index is -0.737. The van der Waals surface area contributed by atoms with Gasteiger partial charge in [-0.3, -0.25) is 4.79 Å². The van der Waals surface area contributed by atoms with Crippen molar-refractivity contribution in [2.24, 2.45) is 0 Å². The van der Waals surface area contributed by atoms with E-state index in [-0.39, 0.29) is 4.83 Å². The Kier molecular flexibility index (Phi) is 11.4. The van der Waals surface area contributed by atoms with Crippen LogP contribution in [0.15, 0.2) is 0 Å². The highest BCUT2D eigenvalue weighted by atomic mass is 79.9. The zero-order valence-corrected chi connectivity index (χ0v) is 12.0. The molecule has 0 aromatic heterocycles. The fourth-order valence-electron chi connectivity index (χ4n) is 1.76. The van der Waals surface area contributed by atoms with Crippen LogP contribution >= 0.6 is 15.9 Å². The second-order valence-electron chi connectivity index (χ2n) is 4.42. The molecule has 2 nitrogen and oxygen atoms in total. The number of halogens is 1. The summed E-state index contributed by atoms with van der Waals surface area (Å²) in [5, 5.41) is 8.66. The Morgan fingerprint density at radius 1 is 1.00 bits per heavy atom. The largest absolute Gasteiger partial charge is 0.480 e. The van der Waals surface area contributed by atoms with Gasteiger partial charge in [0.2, 0.25) is 0 Å². The van der Waals surface area contributed by atoms with Crippen LogP contribution in [0.1, 0.15) is 71.1 Å². The number of aliphatic carboxylic acids is 1. The van der Waals surface area contributed by atoms with Crippen LogP contribution in [0.25, 0.3) is 0 Å².